The summed E-state index contributed by atoms with van der Waals surface area (Å²) in [4.78, 5) is 6.50. The maximum atomic E-state index is 9.04. The number of halogens is 2. The molecule has 1 aromatic rings. The third-order valence-corrected chi connectivity index (χ3v) is 3.97. The van der Waals surface area contributed by atoms with E-state index in [-0.39, 0.29) is 6.61 Å². The number of aromatic nitrogens is 1. The first kappa shape index (κ1) is 14.7. The molecule has 0 aromatic carbocycles. The smallest absolute Gasteiger partial charge is 0.161 e. The van der Waals surface area contributed by atoms with Gasteiger partial charge in [0.1, 0.15) is 5.82 Å². The summed E-state index contributed by atoms with van der Waals surface area (Å²) in [5.74, 6) is 6.97. The van der Waals surface area contributed by atoms with E-state index in [1.54, 1.807) is 6.07 Å². The molecule has 2 heterocycles. The number of hydrogen-bond acceptors (Lipinski definition) is 5. The number of aliphatic hydroxyl groups is 1. The van der Waals surface area contributed by atoms with Crippen molar-refractivity contribution in [3.63, 3.8) is 0 Å². The quantitative estimate of drug-likeness (QED) is 0.588. The predicted molar refractivity (Wildman–Crippen MR) is 78.7 cm³/mol. The summed E-state index contributed by atoms with van der Waals surface area (Å²) in [6.45, 7) is 1.97. The molecule has 4 N–H and O–H groups in total. The summed E-state index contributed by atoms with van der Waals surface area (Å²) < 4.78 is 0. The molecule has 1 unspecified atom stereocenters. The first-order valence-corrected chi connectivity index (χ1v) is 7.09. The fourth-order valence-corrected chi connectivity index (χ4v) is 2.99. The van der Waals surface area contributed by atoms with Crippen molar-refractivity contribution in [3.05, 3.63) is 16.1 Å². The summed E-state index contributed by atoms with van der Waals surface area (Å²) in [5.41, 5.74) is 2.47. The monoisotopic (exact) mass is 304 g/mol. The number of nitrogen functional groups attached to an aromatic ring is 1. The van der Waals surface area contributed by atoms with Gasteiger partial charge in [0, 0.05) is 19.7 Å². The number of nitrogens with two attached hydrogens (primary N) is 1. The van der Waals surface area contributed by atoms with E-state index < -0.39 is 0 Å². The summed E-state index contributed by atoms with van der Waals surface area (Å²) in [6.07, 6.45) is 3.00. The van der Waals surface area contributed by atoms with Crippen LogP contribution >= 0.6 is 23.2 Å². The van der Waals surface area contributed by atoms with Crippen molar-refractivity contribution in [1.82, 2.24) is 4.98 Å². The number of anilines is 2. The molecule has 1 aliphatic rings. The van der Waals surface area contributed by atoms with E-state index in [0.717, 1.165) is 32.4 Å². The Kier molecular flexibility index (Phi) is 5.10. The van der Waals surface area contributed by atoms with Crippen LogP contribution in [0.3, 0.4) is 0 Å². The number of piperidine rings is 1. The van der Waals surface area contributed by atoms with Crippen molar-refractivity contribution < 1.29 is 5.11 Å². The van der Waals surface area contributed by atoms with E-state index in [2.05, 4.69) is 15.3 Å². The van der Waals surface area contributed by atoms with Gasteiger partial charge < -0.3 is 15.4 Å². The molecule has 1 saturated heterocycles. The Hall–Kier alpha value is -0.750. The highest BCUT2D eigenvalue weighted by Crippen LogP contribution is 2.33. The lowest BCUT2D eigenvalue weighted by molar-refractivity contribution is 0.244. The normalized spacial score (nSPS) is 19.6. The lowest BCUT2D eigenvalue weighted by Crippen LogP contribution is -2.36. The van der Waals surface area contributed by atoms with E-state index >= 15 is 0 Å². The van der Waals surface area contributed by atoms with E-state index in [1.807, 2.05) is 0 Å². The number of aliphatic hydroxyl groups excluding tert-OH is 1. The van der Waals surface area contributed by atoms with Crippen molar-refractivity contribution in [3.8, 4) is 0 Å². The van der Waals surface area contributed by atoms with Crippen LogP contribution in [0.5, 0.6) is 0 Å². The maximum Gasteiger partial charge on any atom is 0.161 e. The van der Waals surface area contributed by atoms with Crippen LogP contribution in [0.25, 0.3) is 0 Å². The molecule has 0 bridgehead atoms. The number of nitrogens with zero attached hydrogens (tertiary/aromatic N) is 2. The molecule has 7 heteroatoms. The van der Waals surface area contributed by atoms with Crippen molar-refractivity contribution in [1.29, 1.82) is 0 Å². The maximum absolute atomic E-state index is 9.04. The predicted octanol–water partition coefficient (Wildman–Crippen LogP) is 2.27. The number of nitrogens with one attached hydrogen (secondary N) is 1. The van der Waals surface area contributed by atoms with Gasteiger partial charge >= 0.3 is 0 Å². The van der Waals surface area contributed by atoms with Gasteiger partial charge in [-0.2, -0.15) is 0 Å². The molecule has 106 valence electrons. The number of rotatable bonds is 4. The number of hydrogen-bond donors (Lipinski definition) is 3. The van der Waals surface area contributed by atoms with Gasteiger partial charge in [-0.15, -0.1) is 0 Å². The van der Waals surface area contributed by atoms with E-state index in [9.17, 15) is 0 Å². The largest absolute Gasteiger partial charge is 0.396 e. The van der Waals surface area contributed by atoms with Crippen molar-refractivity contribution in [2.45, 2.75) is 19.3 Å². The zero-order valence-corrected chi connectivity index (χ0v) is 12.1. The standard InChI is InChI=1S/C12H18Cl2N4O/c13-9-6-10(14)12(16-11(9)17-15)18-4-1-2-8(7-18)3-5-19/h6,8,19H,1-5,7,15H2,(H,16,17). The Morgan fingerprint density at radius 1 is 1.47 bits per heavy atom. The van der Waals surface area contributed by atoms with Gasteiger partial charge in [-0.05, 0) is 31.2 Å². The average molecular weight is 305 g/mol. The molecular formula is C12H18Cl2N4O. The second-order valence-corrected chi connectivity index (χ2v) is 5.55. The van der Waals surface area contributed by atoms with Gasteiger partial charge in [0.2, 0.25) is 0 Å². The highest BCUT2D eigenvalue weighted by molar-refractivity contribution is 6.37. The van der Waals surface area contributed by atoms with Gasteiger partial charge in [0.05, 0.1) is 10.0 Å². The van der Waals surface area contributed by atoms with Crippen LogP contribution in [0.4, 0.5) is 11.6 Å². The minimum absolute atomic E-state index is 0.218. The molecule has 0 amide bonds. The minimum atomic E-state index is 0.218. The number of pyridine rings is 1. The van der Waals surface area contributed by atoms with Crippen LogP contribution < -0.4 is 16.2 Å². The third kappa shape index (κ3) is 3.42. The molecule has 0 spiro atoms. The van der Waals surface area contributed by atoms with Gasteiger partial charge in [0.15, 0.2) is 5.82 Å². The zero-order valence-electron chi connectivity index (χ0n) is 10.6. The SMILES string of the molecule is NNc1nc(N2CCCC(CCO)C2)c(Cl)cc1Cl. The fraction of sp³-hybridized carbons (Fsp3) is 0.583. The van der Waals surface area contributed by atoms with Crippen molar-refractivity contribution in [2.24, 2.45) is 11.8 Å². The molecule has 19 heavy (non-hydrogen) atoms. The lowest BCUT2D eigenvalue weighted by atomic mass is 9.95. The summed E-state index contributed by atoms with van der Waals surface area (Å²) in [6, 6.07) is 1.65. The molecule has 1 aromatic heterocycles. The lowest BCUT2D eigenvalue weighted by Gasteiger charge is -2.34. The van der Waals surface area contributed by atoms with Gasteiger partial charge in [-0.3, -0.25) is 0 Å². The molecule has 1 aliphatic heterocycles. The van der Waals surface area contributed by atoms with Gasteiger partial charge in [-0.25, -0.2) is 10.8 Å². The van der Waals surface area contributed by atoms with Crippen LogP contribution in [-0.4, -0.2) is 29.8 Å². The van der Waals surface area contributed by atoms with E-state index in [1.165, 1.54) is 0 Å². The van der Waals surface area contributed by atoms with Crippen LogP contribution in [0.2, 0.25) is 10.0 Å². The molecule has 1 atom stereocenters. The Balaban J connectivity index is 2.20. The minimum Gasteiger partial charge on any atom is -0.396 e. The zero-order chi connectivity index (χ0) is 13.8. The molecule has 0 saturated carbocycles. The fourth-order valence-electron chi connectivity index (χ4n) is 2.46. The molecular weight excluding hydrogens is 287 g/mol. The van der Waals surface area contributed by atoms with Crippen LogP contribution in [0.1, 0.15) is 19.3 Å². The Morgan fingerprint density at radius 3 is 2.95 bits per heavy atom. The van der Waals surface area contributed by atoms with Crippen LogP contribution in [0, 0.1) is 5.92 Å². The highest BCUT2D eigenvalue weighted by Gasteiger charge is 2.23. The Bertz CT molecular complexity index is 442. The molecule has 5 nitrogen and oxygen atoms in total. The van der Waals surface area contributed by atoms with Crippen molar-refractivity contribution >= 4 is 34.8 Å². The first-order valence-electron chi connectivity index (χ1n) is 6.34. The molecule has 0 radical (unpaired) electrons. The van der Waals surface area contributed by atoms with Gasteiger partial charge in [-0.1, -0.05) is 23.2 Å². The first-order chi connectivity index (χ1) is 9.15. The van der Waals surface area contributed by atoms with Crippen LogP contribution in [-0.2, 0) is 0 Å². The van der Waals surface area contributed by atoms with E-state index in [4.69, 9.17) is 34.2 Å². The Labute approximate surface area is 122 Å². The molecule has 1 fully saturated rings. The Morgan fingerprint density at radius 2 is 2.26 bits per heavy atom. The molecule has 0 aliphatic carbocycles. The van der Waals surface area contributed by atoms with Crippen LogP contribution in [0.15, 0.2) is 6.07 Å². The second-order valence-electron chi connectivity index (χ2n) is 4.74. The number of hydrazine groups is 1. The van der Waals surface area contributed by atoms with Crippen molar-refractivity contribution in [2.75, 3.05) is 30.0 Å². The summed E-state index contributed by atoms with van der Waals surface area (Å²) in [5, 5.41) is 9.97. The average Bonchev–Trinajstić information content (AvgIpc) is 2.39. The third-order valence-electron chi connectivity index (χ3n) is 3.40. The highest BCUT2D eigenvalue weighted by atomic mass is 35.5. The topological polar surface area (TPSA) is 74.4 Å². The summed E-state index contributed by atoms with van der Waals surface area (Å²) in [7, 11) is 0. The second kappa shape index (κ2) is 6.61. The molecule has 2 rings (SSSR count). The van der Waals surface area contributed by atoms with E-state index in [0.29, 0.717) is 27.6 Å². The van der Waals surface area contributed by atoms with Gasteiger partial charge in [0.25, 0.3) is 0 Å². The summed E-state index contributed by atoms with van der Waals surface area (Å²) >= 11 is 12.2.